The summed E-state index contributed by atoms with van der Waals surface area (Å²) in [4.78, 5) is -0.000203. The van der Waals surface area contributed by atoms with E-state index in [0.717, 1.165) is 25.7 Å². The minimum absolute atomic E-state index is 0.000203. The SMILES string of the molecule is CC1CCC(CCl)(NS(=O)(=O)c2cc(Cl)ccc2Cl)CC1. The Morgan fingerprint density at radius 3 is 2.48 bits per heavy atom. The smallest absolute Gasteiger partial charge is 0.207 e. The zero-order valence-corrected chi connectivity index (χ0v) is 14.8. The van der Waals surface area contributed by atoms with Gasteiger partial charge in [-0.25, -0.2) is 13.1 Å². The Morgan fingerprint density at radius 1 is 1.29 bits per heavy atom. The number of hydrogen-bond donors (Lipinski definition) is 1. The van der Waals surface area contributed by atoms with E-state index in [9.17, 15) is 8.42 Å². The topological polar surface area (TPSA) is 46.2 Å². The van der Waals surface area contributed by atoms with Crippen LogP contribution in [0.3, 0.4) is 0 Å². The van der Waals surface area contributed by atoms with Gasteiger partial charge in [0.1, 0.15) is 4.90 Å². The molecule has 1 aromatic carbocycles. The Hall–Kier alpha value is -0.000000000000000111. The molecule has 1 N–H and O–H groups in total. The molecule has 0 aromatic heterocycles. The highest BCUT2D eigenvalue weighted by Crippen LogP contribution is 2.35. The molecule has 0 unspecified atom stereocenters. The van der Waals surface area contributed by atoms with Crippen molar-refractivity contribution in [1.29, 1.82) is 0 Å². The summed E-state index contributed by atoms with van der Waals surface area (Å²) in [7, 11) is -3.75. The van der Waals surface area contributed by atoms with Gasteiger partial charge >= 0.3 is 0 Å². The van der Waals surface area contributed by atoms with E-state index >= 15 is 0 Å². The molecular formula is C14H18Cl3NO2S. The van der Waals surface area contributed by atoms with Crippen LogP contribution in [0, 0.1) is 5.92 Å². The van der Waals surface area contributed by atoms with Gasteiger partial charge in [0.2, 0.25) is 10.0 Å². The van der Waals surface area contributed by atoms with Crippen LogP contribution in [0.4, 0.5) is 0 Å². The average molecular weight is 371 g/mol. The Kier molecular flexibility index (Phi) is 5.48. The van der Waals surface area contributed by atoms with Gasteiger partial charge in [0.25, 0.3) is 0 Å². The summed E-state index contributed by atoms with van der Waals surface area (Å²) >= 11 is 17.9. The van der Waals surface area contributed by atoms with Crippen LogP contribution in [-0.2, 0) is 10.0 Å². The van der Waals surface area contributed by atoms with E-state index in [4.69, 9.17) is 34.8 Å². The molecule has 1 fully saturated rings. The van der Waals surface area contributed by atoms with Crippen LogP contribution in [-0.4, -0.2) is 19.8 Å². The first kappa shape index (κ1) is 17.4. The summed E-state index contributed by atoms with van der Waals surface area (Å²) in [5.74, 6) is 0.845. The molecule has 0 amide bonds. The molecule has 0 aliphatic heterocycles. The fraction of sp³-hybridized carbons (Fsp3) is 0.571. The van der Waals surface area contributed by atoms with Crippen LogP contribution < -0.4 is 4.72 Å². The van der Waals surface area contributed by atoms with Crippen molar-refractivity contribution in [1.82, 2.24) is 4.72 Å². The lowest BCUT2D eigenvalue weighted by Crippen LogP contribution is -2.52. The second kappa shape index (κ2) is 6.63. The number of alkyl halides is 1. The number of halogens is 3. The van der Waals surface area contributed by atoms with E-state index in [1.165, 1.54) is 12.1 Å². The largest absolute Gasteiger partial charge is 0.242 e. The number of benzene rings is 1. The van der Waals surface area contributed by atoms with E-state index in [0.29, 0.717) is 10.9 Å². The lowest BCUT2D eigenvalue weighted by molar-refractivity contribution is 0.247. The van der Waals surface area contributed by atoms with Gasteiger partial charge in [0.05, 0.1) is 5.02 Å². The van der Waals surface area contributed by atoms with Crippen molar-refractivity contribution in [3.05, 3.63) is 28.2 Å². The van der Waals surface area contributed by atoms with E-state index in [2.05, 4.69) is 11.6 Å². The van der Waals surface area contributed by atoms with Gasteiger partial charge in [-0.05, 0) is 49.8 Å². The maximum absolute atomic E-state index is 12.6. The van der Waals surface area contributed by atoms with Gasteiger partial charge in [-0.3, -0.25) is 0 Å². The number of rotatable bonds is 4. The van der Waals surface area contributed by atoms with Crippen LogP contribution in [0.2, 0.25) is 10.0 Å². The third kappa shape index (κ3) is 4.05. The molecular weight excluding hydrogens is 353 g/mol. The Bertz CT molecular complexity index is 611. The number of nitrogens with one attached hydrogen (secondary N) is 1. The lowest BCUT2D eigenvalue weighted by atomic mass is 9.79. The lowest BCUT2D eigenvalue weighted by Gasteiger charge is -2.38. The normalized spacial score (nSPS) is 26.8. The zero-order valence-electron chi connectivity index (χ0n) is 11.7. The predicted octanol–water partition coefficient (Wildman–Crippen LogP) is 4.46. The molecule has 1 saturated carbocycles. The van der Waals surface area contributed by atoms with Crippen LogP contribution in [0.25, 0.3) is 0 Å². The molecule has 2 rings (SSSR count). The minimum Gasteiger partial charge on any atom is -0.207 e. The van der Waals surface area contributed by atoms with Gasteiger partial charge in [-0.15, -0.1) is 11.6 Å². The van der Waals surface area contributed by atoms with Crippen LogP contribution in [0.5, 0.6) is 0 Å². The molecule has 0 heterocycles. The Balaban J connectivity index is 2.29. The number of hydrogen-bond acceptors (Lipinski definition) is 2. The molecule has 21 heavy (non-hydrogen) atoms. The fourth-order valence-corrected chi connectivity index (χ4v) is 5.24. The Morgan fingerprint density at radius 2 is 1.90 bits per heavy atom. The van der Waals surface area contributed by atoms with E-state index < -0.39 is 15.6 Å². The first-order valence-electron chi connectivity index (χ1n) is 6.83. The van der Waals surface area contributed by atoms with E-state index in [-0.39, 0.29) is 15.8 Å². The molecule has 0 bridgehead atoms. The molecule has 1 aliphatic rings. The summed E-state index contributed by atoms with van der Waals surface area (Å²) in [5, 5.41) is 0.484. The van der Waals surface area contributed by atoms with Gasteiger partial charge < -0.3 is 0 Å². The van der Waals surface area contributed by atoms with Crippen molar-refractivity contribution < 1.29 is 8.42 Å². The van der Waals surface area contributed by atoms with Crippen LogP contribution in [0.1, 0.15) is 32.6 Å². The van der Waals surface area contributed by atoms with Gasteiger partial charge in [-0.2, -0.15) is 0 Å². The molecule has 0 spiro atoms. The summed E-state index contributed by atoms with van der Waals surface area (Å²) in [6, 6.07) is 4.40. The monoisotopic (exact) mass is 369 g/mol. The summed E-state index contributed by atoms with van der Waals surface area (Å²) in [6.45, 7) is 2.17. The van der Waals surface area contributed by atoms with E-state index in [1.807, 2.05) is 0 Å². The minimum atomic E-state index is -3.75. The van der Waals surface area contributed by atoms with Crippen LogP contribution in [0.15, 0.2) is 23.1 Å². The average Bonchev–Trinajstić information content (AvgIpc) is 2.44. The van der Waals surface area contributed by atoms with Crippen molar-refractivity contribution >= 4 is 44.8 Å². The molecule has 118 valence electrons. The predicted molar refractivity (Wildman–Crippen MR) is 87.9 cm³/mol. The molecule has 0 radical (unpaired) electrons. The first-order chi connectivity index (χ1) is 9.78. The molecule has 3 nitrogen and oxygen atoms in total. The van der Waals surface area contributed by atoms with Crippen molar-refractivity contribution in [3.8, 4) is 0 Å². The van der Waals surface area contributed by atoms with Gasteiger partial charge in [-0.1, -0.05) is 30.1 Å². The van der Waals surface area contributed by atoms with Crippen molar-refractivity contribution in [2.24, 2.45) is 5.92 Å². The highest BCUT2D eigenvalue weighted by atomic mass is 35.5. The van der Waals surface area contributed by atoms with Crippen molar-refractivity contribution in [2.75, 3.05) is 5.88 Å². The third-order valence-corrected chi connectivity index (χ3v) is 6.83. The van der Waals surface area contributed by atoms with Crippen LogP contribution >= 0.6 is 34.8 Å². The van der Waals surface area contributed by atoms with Gasteiger partial charge in [0.15, 0.2) is 0 Å². The standard InChI is InChI=1S/C14H18Cl3NO2S/c1-10-4-6-14(9-15,7-5-10)18-21(19,20)13-8-11(16)2-3-12(13)17/h2-3,8,10,18H,4-7,9H2,1H3. The van der Waals surface area contributed by atoms with Crippen molar-refractivity contribution in [2.45, 2.75) is 43.0 Å². The van der Waals surface area contributed by atoms with Gasteiger partial charge in [0, 0.05) is 16.4 Å². The molecule has 1 aromatic rings. The second-order valence-electron chi connectivity index (χ2n) is 5.78. The van der Waals surface area contributed by atoms with Crippen molar-refractivity contribution in [3.63, 3.8) is 0 Å². The third-order valence-electron chi connectivity index (χ3n) is 4.02. The summed E-state index contributed by atoms with van der Waals surface area (Å²) in [5.41, 5.74) is -0.599. The molecule has 7 heteroatoms. The summed E-state index contributed by atoms with van der Waals surface area (Å²) in [6.07, 6.45) is 3.38. The fourth-order valence-electron chi connectivity index (χ4n) is 2.60. The van der Waals surface area contributed by atoms with E-state index in [1.54, 1.807) is 6.07 Å². The maximum Gasteiger partial charge on any atom is 0.242 e. The summed E-state index contributed by atoms with van der Waals surface area (Å²) < 4.78 is 28.0. The molecule has 0 saturated heterocycles. The molecule has 0 atom stereocenters. The second-order valence-corrected chi connectivity index (χ2v) is 8.54. The first-order valence-corrected chi connectivity index (χ1v) is 9.60. The highest BCUT2D eigenvalue weighted by molar-refractivity contribution is 7.89. The quantitative estimate of drug-likeness (QED) is 0.795. The molecule has 1 aliphatic carbocycles. The highest BCUT2D eigenvalue weighted by Gasteiger charge is 2.38. The zero-order chi connectivity index (χ0) is 15.7. The number of sulfonamides is 1. The Labute approximate surface area is 141 Å². The maximum atomic E-state index is 12.6.